The average Bonchev–Trinajstić information content (AvgIpc) is 2.89. The van der Waals surface area contributed by atoms with Crippen LogP contribution >= 0.6 is 11.3 Å². The molecule has 1 aromatic heterocycles. The molecular weight excluding hydrogens is 264 g/mol. The van der Waals surface area contributed by atoms with Crippen LogP contribution in [0.3, 0.4) is 0 Å². The molecule has 0 saturated carbocycles. The summed E-state index contributed by atoms with van der Waals surface area (Å²) in [6, 6.07) is 2.90. The van der Waals surface area contributed by atoms with Crippen LogP contribution in [-0.2, 0) is 12.8 Å². The first kappa shape index (κ1) is 13.4. The van der Waals surface area contributed by atoms with Gasteiger partial charge in [-0.1, -0.05) is 12.1 Å². The predicted octanol–water partition coefficient (Wildman–Crippen LogP) is 2.54. The Kier molecular flexibility index (Phi) is 4.01. The standard InChI is InChI=1S/C13H14N2O3S/c1-2-8-3-10(13(17)5-12(8)16)11(15-18)4-9-6-19-7-14-9/h3,5-7,16-18H,2,4H2,1H3. The Morgan fingerprint density at radius 2 is 2.11 bits per heavy atom. The number of aromatic hydroxyl groups is 2. The van der Waals surface area contributed by atoms with E-state index in [1.165, 1.54) is 17.4 Å². The van der Waals surface area contributed by atoms with Crippen LogP contribution in [0, 0.1) is 0 Å². The molecule has 0 radical (unpaired) electrons. The van der Waals surface area contributed by atoms with Gasteiger partial charge < -0.3 is 15.4 Å². The molecule has 5 nitrogen and oxygen atoms in total. The maximum atomic E-state index is 9.87. The topological polar surface area (TPSA) is 85.9 Å². The van der Waals surface area contributed by atoms with Crippen LogP contribution in [0.25, 0.3) is 0 Å². The average molecular weight is 278 g/mol. The van der Waals surface area contributed by atoms with Crippen LogP contribution in [-0.4, -0.2) is 26.1 Å². The van der Waals surface area contributed by atoms with Crippen molar-refractivity contribution in [1.82, 2.24) is 4.98 Å². The quantitative estimate of drug-likeness (QED) is 0.456. The summed E-state index contributed by atoms with van der Waals surface area (Å²) in [6.07, 6.45) is 0.940. The van der Waals surface area contributed by atoms with Gasteiger partial charge in [0.15, 0.2) is 0 Å². The van der Waals surface area contributed by atoms with E-state index in [0.29, 0.717) is 29.7 Å². The van der Waals surface area contributed by atoms with Crippen molar-refractivity contribution in [1.29, 1.82) is 0 Å². The minimum atomic E-state index is -0.113. The van der Waals surface area contributed by atoms with Crippen molar-refractivity contribution in [3.63, 3.8) is 0 Å². The maximum absolute atomic E-state index is 9.87. The van der Waals surface area contributed by atoms with Crippen molar-refractivity contribution < 1.29 is 15.4 Å². The zero-order chi connectivity index (χ0) is 13.8. The van der Waals surface area contributed by atoms with Gasteiger partial charge in [-0.3, -0.25) is 0 Å². The van der Waals surface area contributed by atoms with Gasteiger partial charge in [0.25, 0.3) is 0 Å². The van der Waals surface area contributed by atoms with Crippen molar-refractivity contribution in [3.05, 3.63) is 39.8 Å². The van der Waals surface area contributed by atoms with Crippen molar-refractivity contribution >= 4 is 17.0 Å². The van der Waals surface area contributed by atoms with E-state index in [0.717, 1.165) is 5.69 Å². The normalized spacial score (nSPS) is 11.7. The Bertz CT molecular complexity index is 594. The second kappa shape index (κ2) is 5.71. The van der Waals surface area contributed by atoms with Gasteiger partial charge in [0.2, 0.25) is 0 Å². The summed E-state index contributed by atoms with van der Waals surface area (Å²) < 4.78 is 0. The SMILES string of the molecule is CCc1cc(C(Cc2cscn2)=NO)c(O)cc1O. The molecule has 0 fully saturated rings. The molecule has 0 spiro atoms. The van der Waals surface area contributed by atoms with E-state index in [1.807, 2.05) is 12.3 Å². The highest BCUT2D eigenvalue weighted by molar-refractivity contribution is 7.07. The molecule has 1 aromatic carbocycles. The molecule has 2 aromatic rings. The first-order valence-electron chi connectivity index (χ1n) is 5.79. The zero-order valence-electron chi connectivity index (χ0n) is 10.4. The molecule has 0 amide bonds. The van der Waals surface area contributed by atoms with Crippen LogP contribution in [0.1, 0.15) is 23.7 Å². The lowest BCUT2D eigenvalue weighted by molar-refractivity contribution is 0.318. The molecule has 2 rings (SSSR count). The molecular formula is C13H14N2O3S. The number of phenolic OH excluding ortho intramolecular Hbond substituents is 2. The predicted molar refractivity (Wildman–Crippen MR) is 73.3 cm³/mol. The Labute approximate surface area is 114 Å². The van der Waals surface area contributed by atoms with E-state index >= 15 is 0 Å². The van der Waals surface area contributed by atoms with Crippen LogP contribution in [0.5, 0.6) is 11.5 Å². The third-order valence-corrected chi connectivity index (χ3v) is 3.48. The molecule has 0 bridgehead atoms. The van der Waals surface area contributed by atoms with Gasteiger partial charge >= 0.3 is 0 Å². The number of benzene rings is 1. The first-order chi connectivity index (χ1) is 9.15. The van der Waals surface area contributed by atoms with Crippen LogP contribution in [0.2, 0.25) is 0 Å². The fraction of sp³-hybridized carbons (Fsp3) is 0.231. The number of thiazole rings is 1. The van der Waals surface area contributed by atoms with E-state index in [1.54, 1.807) is 11.6 Å². The van der Waals surface area contributed by atoms with Gasteiger partial charge in [-0.05, 0) is 18.1 Å². The molecule has 1 heterocycles. The molecule has 0 aliphatic heterocycles. The number of hydrogen-bond acceptors (Lipinski definition) is 6. The van der Waals surface area contributed by atoms with Gasteiger partial charge in [0.1, 0.15) is 11.5 Å². The summed E-state index contributed by atoms with van der Waals surface area (Å²) >= 11 is 1.45. The third-order valence-electron chi connectivity index (χ3n) is 2.84. The second-order valence-electron chi connectivity index (χ2n) is 4.05. The number of hydrogen-bond donors (Lipinski definition) is 3. The monoisotopic (exact) mass is 278 g/mol. The Morgan fingerprint density at radius 1 is 1.32 bits per heavy atom. The number of phenols is 2. The number of aromatic nitrogens is 1. The Balaban J connectivity index is 2.38. The summed E-state index contributed by atoms with van der Waals surface area (Å²) in [5.74, 6) is -0.0765. The highest BCUT2D eigenvalue weighted by atomic mass is 32.1. The fourth-order valence-electron chi connectivity index (χ4n) is 1.82. The number of aryl methyl sites for hydroxylation is 1. The lowest BCUT2D eigenvalue weighted by Gasteiger charge is -2.09. The molecule has 0 aliphatic carbocycles. The van der Waals surface area contributed by atoms with Gasteiger partial charge in [0.05, 0.1) is 16.9 Å². The van der Waals surface area contributed by atoms with E-state index < -0.39 is 0 Å². The van der Waals surface area contributed by atoms with Gasteiger partial charge in [-0.15, -0.1) is 11.3 Å². The molecule has 19 heavy (non-hydrogen) atoms. The van der Waals surface area contributed by atoms with E-state index in [2.05, 4.69) is 10.1 Å². The molecule has 3 N–H and O–H groups in total. The Hall–Kier alpha value is -2.08. The summed E-state index contributed by atoms with van der Waals surface area (Å²) in [6.45, 7) is 1.89. The van der Waals surface area contributed by atoms with Crippen LogP contribution in [0.4, 0.5) is 0 Å². The summed E-state index contributed by atoms with van der Waals surface area (Å²) in [5, 5.41) is 33.7. The fourth-order valence-corrected chi connectivity index (χ4v) is 2.38. The van der Waals surface area contributed by atoms with Crippen LogP contribution in [0.15, 0.2) is 28.2 Å². The van der Waals surface area contributed by atoms with E-state index in [-0.39, 0.29) is 11.5 Å². The number of nitrogens with zero attached hydrogens (tertiary/aromatic N) is 2. The summed E-state index contributed by atoms with van der Waals surface area (Å²) in [7, 11) is 0. The summed E-state index contributed by atoms with van der Waals surface area (Å²) in [4.78, 5) is 4.11. The van der Waals surface area contributed by atoms with Crippen molar-refractivity contribution in [2.45, 2.75) is 19.8 Å². The summed E-state index contributed by atoms with van der Waals surface area (Å²) in [5.41, 5.74) is 3.87. The first-order valence-corrected chi connectivity index (χ1v) is 6.73. The minimum Gasteiger partial charge on any atom is -0.508 e. The molecule has 0 aliphatic rings. The lowest BCUT2D eigenvalue weighted by atomic mass is 10.0. The van der Waals surface area contributed by atoms with Crippen molar-refractivity contribution in [2.24, 2.45) is 5.16 Å². The Morgan fingerprint density at radius 3 is 2.68 bits per heavy atom. The van der Waals surface area contributed by atoms with Gasteiger partial charge in [-0.2, -0.15) is 0 Å². The van der Waals surface area contributed by atoms with Gasteiger partial charge in [0, 0.05) is 23.4 Å². The van der Waals surface area contributed by atoms with E-state index in [4.69, 9.17) is 5.21 Å². The van der Waals surface area contributed by atoms with Crippen molar-refractivity contribution in [3.8, 4) is 11.5 Å². The van der Waals surface area contributed by atoms with Gasteiger partial charge in [-0.25, -0.2) is 4.98 Å². The second-order valence-corrected chi connectivity index (χ2v) is 4.77. The highest BCUT2D eigenvalue weighted by Crippen LogP contribution is 2.29. The third kappa shape index (κ3) is 2.85. The lowest BCUT2D eigenvalue weighted by Crippen LogP contribution is -2.07. The molecule has 6 heteroatoms. The molecule has 0 saturated heterocycles. The number of rotatable bonds is 4. The molecule has 0 unspecified atom stereocenters. The largest absolute Gasteiger partial charge is 0.508 e. The smallest absolute Gasteiger partial charge is 0.128 e. The maximum Gasteiger partial charge on any atom is 0.128 e. The minimum absolute atomic E-state index is 0.0368. The van der Waals surface area contributed by atoms with Crippen LogP contribution < -0.4 is 0 Å². The number of oxime groups is 1. The van der Waals surface area contributed by atoms with E-state index in [9.17, 15) is 10.2 Å². The zero-order valence-corrected chi connectivity index (χ0v) is 11.2. The molecule has 100 valence electrons. The van der Waals surface area contributed by atoms with Crippen molar-refractivity contribution in [2.75, 3.05) is 0 Å². The molecule has 0 atom stereocenters. The highest BCUT2D eigenvalue weighted by Gasteiger charge is 2.15.